The summed E-state index contributed by atoms with van der Waals surface area (Å²) in [5.74, 6) is 0.256. The smallest absolute Gasteiger partial charge is 0.303 e. The fourth-order valence-electron chi connectivity index (χ4n) is 5.54. The summed E-state index contributed by atoms with van der Waals surface area (Å²) in [6.45, 7) is 2.54. The Morgan fingerprint density at radius 1 is 1.19 bits per heavy atom. The zero-order valence-corrected chi connectivity index (χ0v) is 22.6. The lowest BCUT2D eigenvalue weighted by Crippen LogP contribution is -2.42. The second-order valence-corrected chi connectivity index (χ2v) is 10.7. The van der Waals surface area contributed by atoms with Gasteiger partial charge in [-0.15, -0.1) is 0 Å². The highest BCUT2D eigenvalue weighted by Crippen LogP contribution is 2.35. The minimum Gasteiger partial charge on any atom is -0.497 e. The number of carbonyl (C=O) groups is 1. The second kappa shape index (κ2) is 12.9. The van der Waals surface area contributed by atoms with Crippen LogP contribution in [-0.4, -0.2) is 52.8 Å². The van der Waals surface area contributed by atoms with Crippen LogP contribution in [0.2, 0.25) is 10.0 Å². The Kier molecular flexibility index (Phi) is 9.65. The molecule has 2 heterocycles. The number of hydrogen-bond acceptors (Lipinski definition) is 5. The van der Waals surface area contributed by atoms with E-state index in [1.165, 1.54) is 0 Å². The van der Waals surface area contributed by atoms with Crippen molar-refractivity contribution in [3.63, 3.8) is 0 Å². The van der Waals surface area contributed by atoms with Gasteiger partial charge in [0, 0.05) is 34.6 Å². The fourth-order valence-corrected chi connectivity index (χ4v) is 6.12. The van der Waals surface area contributed by atoms with Crippen LogP contribution in [0.5, 0.6) is 5.75 Å². The quantitative estimate of drug-likeness (QED) is 0.290. The number of rotatable bonds is 11. The third-order valence-electron chi connectivity index (χ3n) is 7.53. The maximum atomic E-state index is 11.6. The molecule has 1 fully saturated rings. The first-order chi connectivity index (χ1) is 17.9. The van der Waals surface area contributed by atoms with Gasteiger partial charge in [0.05, 0.1) is 18.7 Å². The lowest BCUT2D eigenvalue weighted by atomic mass is 9.79. The highest BCUT2D eigenvalue weighted by Gasteiger charge is 2.31. The molecule has 1 unspecified atom stereocenters. The number of aliphatic hydroxyl groups excluding tert-OH is 1. The van der Waals surface area contributed by atoms with Crippen molar-refractivity contribution in [2.45, 2.75) is 44.6 Å². The van der Waals surface area contributed by atoms with E-state index in [0.717, 1.165) is 73.1 Å². The van der Waals surface area contributed by atoms with Gasteiger partial charge in [-0.3, -0.25) is 9.78 Å². The minimum atomic E-state index is -0.771. The lowest BCUT2D eigenvalue weighted by molar-refractivity contribution is -0.139. The Labute approximate surface area is 228 Å². The van der Waals surface area contributed by atoms with E-state index in [1.807, 2.05) is 42.5 Å². The summed E-state index contributed by atoms with van der Waals surface area (Å²) in [6, 6.07) is 13.1. The SMILES string of the molecule is COc1ccc2nccc(C(O)CC[C@@H]3CCN(CCCc4c(Cl)cccc4Cl)C[C@@H]3CC(=O)O)c2c1. The standard InChI is InChI=1S/C29H34Cl2N2O4/c1-37-21-8-9-27-24(17-21)22(11-13-32-27)28(34)10-7-19-12-15-33(18-20(19)16-29(35)36)14-3-4-23-25(30)5-2-6-26(23)31/h2,5-6,8-9,11,13,17,19-20,28,34H,3-4,7,10,12,14-16,18H2,1H3,(H,35,36)/t19-,20+,28?/m1/s1. The van der Waals surface area contributed by atoms with Crippen molar-refractivity contribution in [1.82, 2.24) is 9.88 Å². The molecule has 1 aromatic heterocycles. The van der Waals surface area contributed by atoms with Gasteiger partial charge < -0.3 is 19.8 Å². The molecule has 0 saturated carbocycles. The van der Waals surface area contributed by atoms with Crippen LogP contribution < -0.4 is 4.74 Å². The van der Waals surface area contributed by atoms with Gasteiger partial charge in [0.15, 0.2) is 0 Å². The van der Waals surface area contributed by atoms with Gasteiger partial charge >= 0.3 is 5.97 Å². The van der Waals surface area contributed by atoms with Crippen molar-refractivity contribution in [2.24, 2.45) is 11.8 Å². The zero-order valence-electron chi connectivity index (χ0n) is 21.1. The van der Waals surface area contributed by atoms with Gasteiger partial charge in [0.2, 0.25) is 0 Å². The molecule has 3 aromatic rings. The third-order valence-corrected chi connectivity index (χ3v) is 8.24. The number of fused-ring (bicyclic) bond motifs is 1. The van der Waals surface area contributed by atoms with Crippen molar-refractivity contribution < 1.29 is 19.7 Å². The molecule has 2 aromatic carbocycles. The van der Waals surface area contributed by atoms with E-state index in [1.54, 1.807) is 13.3 Å². The van der Waals surface area contributed by atoms with Gasteiger partial charge in [-0.05, 0) is 105 Å². The summed E-state index contributed by atoms with van der Waals surface area (Å²) in [6.07, 6.45) is 5.17. The summed E-state index contributed by atoms with van der Waals surface area (Å²) < 4.78 is 5.36. The van der Waals surface area contributed by atoms with Crippen molar-refractivity contribution in [1.29, 1.82) is 0 Å². The number of carboxylic acids is 1. The number of carboxylic acid groups (broad SMARTS) is 1. The van der Waals surface area contributed by atoms with E-state index in [-0.39, 0.29) is 18.3 Å². The van der Waals surface area contributed by atoms with Gasteiger partial charge in [0.1, 0.15) is 5.75 Å². The highest BCUT2D eigenvalue weighted by molar-refractivity contribution is 6.35. The molecule has 198 valence electrons. The van der Waals surface area contributed by atoms with Crippen LogP contribution in [0.25, 0.3) is 10.9 Å². The van der Waals surface area contributed by atoms with Crippen LogP contribution in [0.3, 0.4) is 0 Å². The molecule has 8 heteroatoms. The molecule has 0 spiro atoms. The molecule has 4 rings (SSSR count). The van der Waals surface area contributed by atoms with Crippen LogP contribution in [0.4, 0.5) is 0 Å². The normalized spacial score (nSPS) is 19.1. The number of nitrogens with zero attached hydrogens (tertiary/aromatic N) is 2. The first-order valence-corrected chi connectivity index (χ1v) is 13.6. The van der Waals surface area contributed by atoms with Crippen molar-refractivity contribution in [3.8, 4) is 5.75 Å². The van der Waals surface area contributed by atoms with Gasteiger partial charge in [0.25, 0.3) is 0 Å². The number of halogens is 2. The molecule has 0 amide bonds. The van der Waals surface area contributed by atoms with Gasteiger partial charge in [-0.25, -0.2) is 0 Å². The average Bonchev–Trinajstić information content (AvgIpc) is 2.88. The Morgan fingerprint density at radius 3 is 2.70 bits per heavy atom. The van der Waals surface area contributed by atoms with E-state index in [9.17, 15) is 15.0 Å². The Hall–Kier alpha value is -2.38. The van der Waals surface area contributed by atoms with Crippen molar-refractivity contribution in [2.75, 3.05) is 26.7 Å². The number of hydrogen-bond donors (Lipinski definition) is 2. The van der Waals surface area contributed by atoms with E-state index >= 15 is 0 Å². The van der Waals surface area contributed by atoms with Crippen LogP contribution in [-0.2, 0) is 11.2 Å². The summed E-state index contributed by atoms with van der Waals surface area (Å²) in [7, 11) is 1.62. The predicted octanol–water partition coefficient (Wildman–Crippen LogP) is 6.41. The summed E-state index contributed by atoms with van der Waals surface area (Å²) in [5, 5.41) is 22.9. The van der Waals surface area contributed by atoms with Crippen molar-refractivity contribution in [3.05, 3.63) is 69.8 Å². The largest absolute Gasteiger partial charge is 0.497 e. The second-order valence-electron chi connectivity index (χ2n) is 9.89. The first kappa shape index (κ1) is 27.6. The molecular formula is C29H34Cl2N2O4. The third kappa shape index (κ3) is 7.14. The van der Waals surface area contributed by atoms with Crippen molar-refractivity contribution >= 4 is 40.1 Å². The molecule has 1 aliphatic heterocycles. The Balaban J connectivity index is 1.35. The molecular weight excluding hydrogens is 511 g/mol. The number of piperidine rings is 1. The van der Waals surface area contributed by atoms with E-state index in [2.05, 4.69) is 9.88 Å². The van der Waals surface area contributed by atoms with Gasteiger partial charge in [-0.2, -0.15) is 0 Å². The van der Waals surface area contributed by atoms with Crippen LogP contribution in [0.1, 0.15) is 49.3 Å². The number of pyridine rings is 1. The molecule has 6 nitrogen and oxygen atoms in total. The van der Waals surface area contributed by atoms with Gasteiger partial charge in [-0.1, -0.05) is 29.3 Å². The Morgan fingerprint density at radius 2 is 1.97 bits per heavy atom. The van der Waals surface area contributed by atoms with Crippen LogP contribution >= 0.6 is 23.2 Å². The number of benzene rings is 2. The number of likely N-dealkylation sites (tertiary alicyclic amines) is 1. The van der Waals surface area contributed by atoms with E-state index in [0.29, 0.717) is 16.5 Å². The molecule has 2 N–H and O–H groups in total. The molecule has 1 saturated heterocycles. The highest BCUT2D eigenvalue weighted by atomic mass is 35.5. The number of aliphatic carboxylic acids is 1. The number of aromatic nitrogens is 1. The summed E-state index contributed by atoms with van der Waals surface area (Å²) in [4.78, 5) is 18.4. The zero-order chi connectivity index (χ0) is 26.4. The summed E-state index contributed by atoms with van der Waals surface area (Å²) in [5.41, 5.74) is 2.61. The minimum absolute atomic E-state index is 0.0524. The topological polar surface area (TPSA) is 82.9 Å². The summed E-state index contributed by atoms with van der Waals surface area (Å²) >= 11 is 12.6. The predicted molar refractivity (Wildman–Crippen MR) is 148 cm³/mol. The lowest BCUT2D eigenvalue weighted by Gasteiger charge is -2.38. The molecule has 0 radical (unpaired) electrons. The molecule has 3 atom stereocenters. The fraction of sp³-hybridized carbons (Fsp3) is 0.448. The maximum absolute atomic E-state index is 11.6. The maximum Gasteiger partial charge on any atom is 0.303 e. The van der Waals surface area contributed by atoms with Crippen LogP contribution in [0.15, 0.2) is 48.7 Å². The number of methoxy groups -OCH3 is 1. The molecule has 1 aliphatic rings. The Bertz CT molecular complexity index is 1200. The molecule has 37 heavy (non-hydrogen) atoms. The van der Waals surface area contributed by atoms with E-state index in [4.69, 9.17) is 27.9 Å². The molecule has 0 aliphatic carbocycles. The number of aliphatic hydroxyl groups is 1. The van der Waals surface area contributed by atoms with Crippen LogP contribution in [0, 0.1) is 11.8 Å². The molecule has 0 bridgehead atoms. The first-order valence-electron chi connectivity index (χ1n) is 12.8. The average molecular weight is 546 g/mol. The van der Waals surface area contributed by atoms with E-state index < -0.39 is 12.1 Å². The monoisotopic (exact) mass is 544 g/mol. The number of ether oxygens (including phenoxy) is 1.